The van der Waals surface area contributed by atoms with Crippen LogP contribution in [0.3, 0.4) is 0 Å². The lowest BCUT2D eigenvalue weighted by molar-refractivity contribution is -0.147. The number of fused-ring (bicyclic) bond motifs is 1. The van der Waals surface area contributed by atoms with Crippen molar-refractivity contribution in [3.05, 3.63) is 89.7 Å². The van der Waals surface area contributed by atoms with Crippen LogP contribution in [0.5, 0.6) is 0 Å². The molecule has 0 aliphatic carbocycles. The Bertz CT molecular complexity index is 1090. The third-order valence-electron chi connectivity index (χ3n) is 6.30. The number of carbonyl (C=O) groups is 2. The van der Waals surface area contributed by atoms with Crippen LogP contribution in [0.1, 0.15) is 27.4 Å². The fourth-order valence-electron chi connectivity index (χ4n) is 4.57. The summed E-state index contributed by atoms with van der Waals surface area (Å²) in [5.41, 5.74) is 5.43. The van der Waals surface area contributed by atoms with Gasteiger partial charge >= 0.3 is 0 Å². The van der Waals surface area contributed by atoms with E-state index in [0.717, 1.165) is 6.54 Å². The van der Waals surface area contributed by atoms with Crippen LogP contribution in [0.25, 0.3) is 11.1 Å². The van der Waals surface area contributed by atoms with Gasteiger partial charge in [-0.05, 0) is 41.3 Å². The highest BCUT2D eigenvalue weighted by Crippen LogP contribution is 2.38. The van der Waals surface area contributed by atoms with E-state index in [1.54, 1.807) is 29.4 Å². The summed E-state index contributed by atoms with van der Waals surface area (Å²) in [5.74, 6) is 0.150. The van der Waals surface area contributed by atoms with Crippen LogP contribution < -0.4 is 0 Å². The minimum absolute atomic E-state index is 0.0243. The highest BCUT2D eigenvalue weighted by atomic mass is 16.2. The van der Waals surface area contributed by atoms with Gasteiger partial charge in [0.15, 0.2) is 0 Å². The average Bonchev–Trinajstić information content (AvgIpc) is 2.76. The van der Waals surface area contributed by atoms with Gasteiger partial charge in [0, 0.05) is 31.4 Å². The van der Waals surface area contributed by atoms with E-state index in [-0.39, 0.29) is 30.3 Å². The molecular formula is C25H23N3O2. The Morgan fingerprint density at radius 3 is 2.53 bits per heavy atom. The molecule has 5 heteroatoms. The van der Waals surface area contributed by atoms with E-state index in [2.05, 4.69) is 60.4 Å². The number of rotatable bonds is 3. The van der Waals surface area contributed by atoms with E-state index in [1.165, 1.54) is 22.3 Å². The quantitative estimate of drug-likeness (QED) is 0.680. The van der Waals surface area contributed by atoms with Crippen LogP contribution in [0.4, 0.5) is 0 Å². The van der Waals surface area contributed by atoms with Crippen molar-refractivity contribution in [2.45, 2.75) is 18.9 Å². The minimum atomic E-state index is -0.128. The molecule has 0 radical (unpaired) electrons. The van der Waals surface area contributed by atoms with Crippen LogP contribution >= 0.6 is 0 Å². The molecule has 0 unspecified atom stereocenters. The van der Waals surface area contributed by atoms with E-state index < -0.39 is 0 Å². The molecule has 0 N–H and O–H groups in total. The first-order valence-electron chi connectivity index (χ1n) is 10.3. The van der Waals surface area contributed by atoms with Crippen molar-refractivity contribution < 1.29 is 9.59 Å². The van der Waals surface area contributed by atoms with Crippen LogP contribution in [-0.4, -0.2) is 52.3 Å². The second-order valence-corrected chi connectivity index (χ2v) is 8.08. The summed E-state index contributed by atoms with van der Waals surface area (Å²) in [7, 11) is 0. The molecule has 2 aliphatic rings. The summed E-state index contributed by atoms with van der Waals surface area (Å²) >= 11 is 0. The molecule has 30 heavy (non-hydrogen) atoms. The molecule has 2 aromatic carbocycles. The number of benzene rings is 2. The van der Waals surface area contributed by atoms with Crippen LogP contribution in [0.15, 0.2) is 73.1 Å². The van der Waals surface area contributed by atoms with Crippen LogP contribution in [0, 0.1) is 6.92 Å². The molecule has 3 heterocycles. The predicted octanol–water partition coefficient (Wildman–Crippen LogP) is 3.51. The molecule has 2 aliphatic heterocycles. The van der Waals surface area contributed by atoms with Gasteiger partial charge in [0.2, 0.25) is 5.91 Å². The molecule has 2 saturated heterocycles. The maximum atomic E-state index is 12.8. The Morgan fingerprint density at radius 2 is 1.80 bits per heavy atom. The molecule has 1 aromatic heterocycles. The van der Waals surface area contributed by atoms with Crippen LogP contribution in [0.2, 0.25) is 0 Å². The number of nitrogens with zero attached hydrogens (tertiary/aromatic N) is 3. The van der Waals surface area contributed by atoms with Gasteiger partial charge in [-0.1, -0.05) is 48.5 Å². The summed E-state index contributed by atoms with van der Waals surface area (Å²) in [6.45, 7) is 3.55. The number of hydrogen-bond donors (Lipinski definition) is 0. The molecule has 5 rings (SSSR count). The van der Waals surface area contributed by atoms with Crippen molar-refractivity contribution in [2.24, 2.45) is 0 Å². The largest absolute Gasteiger partial charge is 0.335 e. The fraction of sp³-hybridized carbons (Fsp3) is 0.240. The van der Waals surface area contributed by atoms with E-state index in [4.69, 9.17) is 0 Å². The van der Waals surface area contributed by atoms with E-state index in [9.17, 15) is 9.59 Å². The lowest BCUT2D eigenvalue weighted by atomic mass is 9.80. The molecule has 150 valence electrons. The monoisotopic (exact) mass is 397 g/mol. The van der Waals surface area contributed by atoms with Gasteiger partial charge in [0.05, 0.1) is 11.6 Å². The first-order chi connectivity index (χ1) is 14.6. The number of aryl methyl sites for hydroxylation is 1. The maximum absolute atomic E-state index is 12.8. The van der Waals surface area contributed by atoms with Crippen molar-refractivity contribution >= 4 is 11.8 Å². The topological polar surface area (TPSA) is 53.5 Å². The van der Waals surface area contributed by atoms with Gasteiger partial charge in [0.1, 0.15) is 6.54 Å². The van der Waals surface area contributed by atoms with Crippen molar-refractivity contribution in [2.75, 3.05) is 19.6 Å². The van der Waals surface area contributed by atoms with E-state index in [0.29, 0.717) is 12.1 Å². The average molecular weight is 397 g/mol. The molecular weight excluding hydrogens is 374 g/mol. The minimum Gasteiger partial charge on any atom is -0.335 e. The number of hydrogen-bond acceptors (Lipinski definition) is 3. The zero-order chi connectivity index (χ0) is 20.7. The zero-order valence-corrected chi connectivity index (χ0v) is 16.9. The normalized spacial score (nSPS) is 20.5. The first-order valence-corrected chi connectivity index (χ1v) is 10.3. The number of carbonyl (C=O) groups excluding carboxylic acids is 2. The van der Waals surface area contributed by atoms with Gasteiger partial charge in [-0.3, -0.25) is 14.6 Å². The molecule has 3 aromatic rings. The Kier molecular flexibility index (Phi) is 4.58. The molecule has 0 saturated carbocycles. The first kappa shape index (κ1) is 18.6. The standard InChI is InChI=1S/C25H23N3O2/c1-17-5-2-3-7-21(17)18-8-10-19(11-9-18)22-14-28-23(22)15-27(16-24(28)29)25(30)20-6-4-12-26-13-20/h2-13,22-23H,14-16H2,1H3/t22-,23+/m1/s1. The summed E-state index contributed by atoms with van der Waals surface area (Å²) < 4.78 is 0. The van der Waals surface area contributed by atoms with Crippen molar-refractivity contribution in [3.63, 3.8) is 0 Å². The number of aromatic nitrogens is 1. The number of amides is 2. The summed E-state index contributed by atoms with van der Waals surface area (Å²) in [4.78, 5) is 33.0. The maximum Gasteiger partial charge on any atom is 0.255 e. The summed E-state index contributed by atoms with van der Waals surface area (Å²) in [5, 5.41) is 0. The Labute approximate surface area is 176 Å². The fourth-order valence-corrected chi connectivity index (χ4v) is 4.57. The zero-order valence-electron chi connectivity index (χ0n) is 16.9. The summed E-state index contributed by atoms with van der Waals surface area (Å²) in [6.07, 6.45) is 3.20. The highest BCUT2D eigenvalue weighted by Gasteiger charge is 2.47. The second kappa shape index (κ2) is 7.41. The smallest absolute Gasteiger partial charge is 0.255 e. The Hall–Kier alpha value is -3.47. The predicted molar refractivity (Wildman–Crippen MR) is 115 cm³/mol. The molecule has 2 fully saturated rings. The SMILES string of the molecule is Cc1ccccc1-c1ccc([C@H]2CN3C(=O)CN(C(=O)c4cccnc4)C[C@@H]23)cc1. The number of piperazine rings is 1. The van der Waals surface area contributed by atoms with Gasteiger partial charge in [0.25, 0.3) is 5.91 Å². The Balaban J connectivity index is 1.34. The summed E-state index contributed by atoms with van der Waals surface area (Å²) in [6, 6.07) is 20.5. The Morgan fingerprint density at radius 1 is 1.00 bits per heavy atom. The third-order valence-corrected chi connectivity index (χ3v) is 6.30. The molecule has 0 bridgehead atoms. The lowest BCUT2D eigenvalue weighted by Gasteiger charge is -2.53. The highest BCUT2D eigenvalue weighted by molar-refractivity contribution is 5.97. The van der Waals surface area contributed by atoms with Gasteiger partial charge in [-0.2, -0.15) is 0 Å². The molecule has 5 nitrogen and oxygen atoms in total. The number of pyridine rings is 1. The van der Waals surface area contributed by atoms with Crippen molar-refractivity contribution in [1.29, 1.82) is 0 Å². The van der Waals surface area contributed by atoms with Crippen molar-refractivity contribution in [3.8, 4) is 11.1 Å². The molecule has 0 spiro atoms. The molecule has 2 amide bonds. The third kappa shape index (κ3) is 3.16. The molecule has 2 atom stereocenters. The lowest BCUT2D eigenvalue weighted by Crippen LogP contribution is -2.67. The van der Waals surface area contributed by atoms with Crippen LogP contribution in [-0.2, 0) is 4.79 Å². The second-order valence-electron chi connectivity index (χ2n) is 8.08. The van der Waals surface area contributed by atoms with Gasteiger partial charge in [-0.25, -0.2) is 0 Å². The van der Waals surface area contributed by atoms with E-state index >= 15 is 0 Å². The van der Waals surface area contributed by atoms with Gasteiger partial charge < -0.3 is 9.80 Å². The van der Waals surface area contributed by atoms with E-state index in [1.807, 2.05) is 4.90 Å². The van der Waals surface area contributed by atoms with Gasteiger partial charge in [-0.15, -0.1) is 0 Å². The van der Waals surface area contributed by atoms with Crippen molar-refractivity contribution in [1.82, 2.24) is 14.8 Å².